The van der Waals surface area contributed by atoms with Crippen molar-refractivity contribution in [1.29, 1.82) is 0 Å². The van der Waals surface area contributed by atoms with Crippen LogP contribution in [0, 0.1) is 35.5 Å². The van der Waals surface area contributed by atoms with E-state index < -0.39 is 0 Å². The Balaban J connectivity index is 1.47. The predicted molar refractivity (Wildman–Crippen MR) is 111 cm³/mol. The van der Waals surface area contributed by atoms with E-state index in [-0.39, 0.29) is 23.0 Å². The average Bonchev–Trinajstić information content (AvgIpc) is 3.18. The topological polar surface area (TPSA) is 53.6 Å². The first-order valence-electron chi connectivity index (χ1n) is 11.1. The Kier molecular flexibility index (Phi) is 4.23. The summed E-state index contributed by atoms with van der Waals surface area (Å²) in [7, 11) is 0. The summed E-state index contributed by atoms with van der Waals surface area (Å²) < 4.78 is 5.76. The van der Waals surface area contributed by atoms with Crippen LogP contribution in [0.25, 0.3) is 6.08 Å². The van der Waals surface area contributed by atoms with Crippen LogP contribution >= 0.6 is 0 Å². The standard InChI is InChI=1S/C25H34O3/c1-15-4-6-19(28-15)12-16-13-22-20-7-5-17-14-18(26)8-10-24(17,2)21(20)9-11-25(22,3)23(16)27/h4-6,12,18,20-23,26-27H,7-11,13-14H2,1-3H3/b16-12-/t18-,20-,21+,22+,23+,24-,25-/m0/s1. The normalized spacial score (nSPS) is 46.7. The molecule has 0 aromatic carbocycles. The SMILES string of the molecule is Cc1ccc(/C=C2/C[C@@H]3[C@H]4CC=C5C[C@@H](O)CC[C@]5(C)[C@@H]4CC[C@]3(C)[C@@H]2O)o1. The van der Waals surface area contributed by atoms with E-state index in [9.17, 15) is 10.2 Å². The maximum absolute atomic E-state index is 11.3. The summed E-state index contributed by atoms with van der Waals surface area (Å²) in [6.07, 6.45) is 11.4. The number of aliphatic hydroxyl groups is 2. The molecule has 0 amide bonds. The molecule has 2 N–H and O–H groups in total. The lowest BCUT2D eigenvalue weighted by atomic mass is 9.48. The van der Waals surface area contributed by atoms with Crippen molar-refractivity contribution in [2.75, 3.05) is 0 Å². The Hall–Kier alpha value is -1.32. The molecule has 0 spiro atoms. The molecule has 0 unspecified atom stereocenters. The van der Waals surface area contributed by atoms with E-state index in [4.69, 9.17) is 4.42 Å². The highest BCUT2D eigenvalue weighted by Gasteiger charge is 2.59. The Labute approximate surface area is 168 Å². The van der Waals surface area contributed by atoms with Crippen molar-refractivity contribution in [2.45, 2.75) is 77.9 Å². The summed E-state index contributed by atoms with van der Waals surface area (Å²) in [6.45, 7) is 6.74. The number of fused-ring (bicyclic) bond motifs is 5. The lowest BCUT2D eigenvalue weighted by Gasteiger charge is -2.57. The van der Waals surface area contributed by atoms with Gasteiger partial charge in [-0.25, -0.2) is 0 Å². The highest BCUT2D eigenvalue weighted by molar-refractivity contribution is 5.51. The molecule has 4 aliphatic rings. The fraction of sp³-hybridized carbons (Fsp3) is 0.680. The maximum Gasteiger partial charge on any atom is 0.127 e. The van der Waals surface area contributed by atoms with E-state index in [0.717, 1.165) is 55.6 Å². The molecule has 4 aliphatic carbocycles. The first-order valence-corrected chi connectivity index (χ1v) is 11.1. The van der Waals surface area contributed by atoms with Crippen LogP contribution in [0.15, 0.2) is 33.8 Å². The van der Waals surface area contributed by atoms with Gasteiger partial charge < -0.3 is 14.6 Å². The number of furan rings is 1. The Morgan fingerprint density at radius 3 is 2.64 bits per heavy atom. The molecule has 7 atom stereocenters. The molecule has 3 fully saturated rings. The second-order valence-corrected chi connectivity index (χ2v) is 10.5. The minimum absolute atomic E-state index is 0.0233. The summed E-state index contributed by atoms with van der Waals surface area (Å²) in [5.41, 5.74) is 2.89. The monoisotopic (exact) mass is 382 g/mol. The van der Waals surface area contributed by atoms with Gasteiger partial charge in [0.2, 0.25) is 0 Å². The van der Waals surface area contributed by atoms with E-state index in [0.29, 0.717) is 17.8 Å². The van der Waals surface area contributed by atoms with Gasteiger partial charge >= 0.3 is 0 Å². The van der Waals surface area contributed by atoms with Crippen LogP contribution < -0.4 is 0 Å². The molecule has 0 bridgehead atoms. The van der Waals surface area contributed by atoms with Crippen molar-refractivity contribution >= 4 is 6.08 Å². The van der Waals surface area contributed by atoms with Crippen molar-refractivity contribution in [2.24, 2.45) is 28.6 Å². The maximum atomic E-state index is 11.3. The lowest BCUT2D eigenvalue weighted by molar-refractivity contribution is -0.0685. The Morgan fingerprint density at radius 2 is 1.89 bits per heavy atom. The van der Waals surface area contributed by atoms with Gasteiger partial charge in [0, 0.05) is 5.41 Å². The minimum atomic E-state index is -0.366. The smallest absolute Gasteiger partial charge is 0.127 e. The molecule has 3 heteroatoms. The molecule has 3 saturated carbocycles. The Bertz CT molecular complexity index is 833. The fourth-order valence-corrected chi connectivity index (χ4v) is 7.35. The molecule has 1 aromatic heterocycles. The molecular weight excluding hydrogens is 348 g/mol. The first-order chi connectivity index (χ1) is 13.3. The average molecular weight is 383 g/mol. The van der Waals surface area contributed by atoms with Gasteiger partial charge in [0.15, 0.2) is 0 Å². The lowest BCUT2D eigenvalue weighted by Crippen LogP contribution is -2.51. The van der Waals surface area contributed by atoms with Gasteiger partial charge in [-0.15, -0.1) is 0 Å². The van der Waals surface area contributed by atoms with Gasteiger partial charge in [-0.2, -0.15) is 0 Å². The molecule has 1 aromatic rings. The van der Waals surface area contributed by atoms with Crippen molar-refractivity contribution < 1.29 is 14.6 Å². The molecule has 0 aliphatic heterocycles. The fourth-order valence-electron chi connectivity index (χ4n) is 7.35. The van der Waals surface area contributed by atoms with Crippen molar-refractivity contribution in [3.8, 4) is 0 Å². The number of hydrogen-bond acceptors (Lipinski definition) is 3. The van der Waals surface area contributed by atoms with Crippen molar-refractivity contribution in [3.05, 3.63) is 40.9 Å². The van der Waals surface area contributed by atoms with Crippen molar-refractivity contribution in [1.82, 2.24) is 0 Å². The Morgan fingerprint density at radius 1 is 1.07 bits per heavy atom. The molecular formula is C25H34O3. The number of aliphatic hydroxyl groups excluding tert-OH is 2. The second kappa shape index (κ2) is 6.34. The molecule has 3 nitrogen and oxygen atoms in total. The van der Waals surface area contributed by atoms with Crippen LogP contribution in [0.5, 0.6) is 0 Å². The summed E-state index contributed by atoms with van der Waals surface area (Å²) >= 11 is 0. The zero-order chi connectivity index (χ0) is 19.7. The van der Waals surface area contributed by atoms with Crippen LogP contribution in [-0.2, 0) is 0 Å². The molecule has 152 valence electrons. The molecule has 1 heterocycles. The molecule has 0 radical (unpaired) electrons. The van der Waals surface area contributed by atoms with Gasteiger partial charge in [-0.1, -0.05) is 25.5 Å². The number of aryl methyl sites for hydroxylation is 1. The minimum Gasteiger partial charge on any atom is -0.462 e. The summed E-state index contributed by atoms with van der Waals surface area (Å²) in [6, 6.07) is 4.00. The van der Waals surface area contributed by atoms with E-state index >= 15 is 0 Å². The largest absolute Gasteiger partial charge is 0.462 e. The van der Waals surface area contributed by atoms with Gasteiger partial charge in [0.05, 0.1) is 12.2 Å². The second-order valence-electron chi connectivity index (χ2n) is 10.5. The van der Waals surface area contributed by atoms with Crippen LogP contribution in [0.3, 0.4) is 0 Å². The molecule has 28 heavy (non-hydrogen) atoms. The molecule has 0 saturated heterocycles. The number of allylic oxidation sites excluding steroid dienone is 1. The quantitative estimate of drug-likeness (QED) is 0.651. The number of hydrogen-bond donors (Lipinski definition) is 2. The van der Waals surface area contributed by atoms with Gasteiger partial charge in [-0.3, -0.25) is 0 Å². The van der Waals surface area contributed by atoms with Crippen LogP contribution in [0.1, 0.15) is 70.3 Å². The van der Waals surface area contributed by atoms with Crippen LogP contribution in [-0.4, -0.2) is 22.4 Å². The van der Waals surface area contributed by atoms with E-state index in [1.165, 1.54) is 12.0 Å². The first kappa shape index (κ1) is 18.7. The van der Waals surface area contributed by atoms with Gasteiger partial charge in [0.25, 0.3) is 0 Å². The van der Waals surface area contributed by atoms with E-state index in [1.807, 2.05) is 19.1 Å². The number of rotatable bonds is 1. The summed E-state index contributed by atoms with van der Waals surface area (Å²) in [5, 5.41) is 21.4. The summed E-state index contributed by atoms with van der Waals surface area (Å²) in [4.78, 5) is 0. The third kappa shape index (κ3) is 2.62. The highest BCUT2D eigenvalue weighted by atomic mass is 16.3. The highest BCUT2D eigenvalue weighted by Crippen LogP contribution is 2.65. The van der Waals surface area contributed by atoms with E-state index in [2.05, 4.69) is 26.0 Å². The van der Waals surface area contributed by atoms with Crippen LogP contribution in [0.2, 0.25) is 0 Å². The zero-order valence-electron chi connectivity index (χ0n) is 17.4. The van der Waals surface area contributed by atoms with Crippen LogP contribution in [0.4, 0.5) is 0 Å². The third-order valence-electron chi connectivity index (χ3n) is 9.04. The third-order valence-corrected chi connectivity index (χ3v) is 9.04. The van der Waals surface area contributed by atoms with Crippen molar-refractivity contribution in [3.63, 3.8) is 0 Å². The molecule has 5 rings (SSSR count). The zero-order valence-corrected chi connectivity index (χ0v) is 17.4. The van der Waals surface area contributed by atoms with Gasteiger partial charge in [-0.05, 0) is 98.8 Å². The summed E-state index contributed by atoms with van der Waals surface area (Å²) in [5.74, 6) is 3.65. The van der Waals surface area contributed by atoms with Gasteiger partial charge in [0.1, 0.15) is 11.5 Å². The predicted octanol–water partition coefficient (Wildman–Crippen LogP) is 5.27. The van der Waals surface area contributed by atoms with E-state index in [1.54, 1.807) is 0 Å².